The van der Waals surface area contributed by atoms with Crippen molar-refractivity contribution in [1.82, 2.24) is 10.3 Å². The summed E-state index contributed by atoms with van der Waals surface area (Å²) in [5.41, 5.74) is 7.78. The van der Waals surface area contributed by atoms with E-state index in [4.69, 9.17) is 5.73 Å². The summed E-state index contributed by atoms with van der Waals surface area (Å²) in [6, 6.07) is 8.71. The van der Waals surface area contributed by atoms with Gasteiger partial charge < -0.3 is 11.1 Å². The van der Waals surface area contributed by atoms with Crippen molar-refractivity contribution in [1.29, 1.82) is 0 Å². The molecule has 4 nitrogen and oxygen atoms in total. The molecule has 1 atom stereocenters. The fraction of sp³-hybridized carbons (Fsp3) is 0.286. The first-order chi connectivity index (χ1) is 9.20. The van der Waals surface area contributed by atoms with Gasteiger partial charge in [0.1, 0.15) is 11.0 Å². The number of hydrogen-bond acceptors (Lipinski definition) is 4. The third-order valence-corrected chi connectivity index (χ3v) is 3.71. The van der Waals surface area contributed by atoms with Gasteiger partial charge in [-0.3, -0.25) is 4.79 Å². The van der Waals surface area contributed by atoms with Gasteiger partial charge >= 0.3 is 0 Å². The molecule has 1 aromatic heterocycles. The molecule has 0 fully saturated rings. The minimum atomic E-state index is -0.633. The maximum Gasteiger partial charge on any atom is 0.241 e. The number of amides is 1. The van der Waals surface area contributed by atoms with E-state index < -0.39 is 6.04 Å². The molecule has 0 aliphatic carbocycles. The number of aromatic nitrogens is 1. The maximum atomic E-state index is 11.9. The summed E-state index contributed by atoms with van der Waals surface area (Å²) in [5, 5.41) is 5.74. The zero-order chi connectivity index (χ0) is 13.7. The van der Waals surface area contributed by atoms with Crippen molar-refractivity contribution in [2.45, 2.75) is 25.9 Å². The number of hydrogen-bond donors (Lipinski definition) is 2. The third-order valence-electron chi connectivity index (χ3n) is 2.82. The molecule has 2 aromatic rings. The highest BCUT2D eigenvalue weighted by Crippen LogP contribution is 2.12. The molecule has 0 saturated carbocycles. The number of nitrogens with two attached hydrogens (primary N) is 1. The Labute approximate surface area is 116 Å². The van der Waals surface area contributed by atoms with Crippen LogP contribution in [-0.2, 0) is 17.8 Å². The van der Waals surface area contributed by atoms with Crippen molar-refractivity contribution in [2.24, 2.45) is 5.73 Å². The number of thiazole rings is 1. The van der Waals surface area contributed by atoms with E-state index in [0.29, 0.717) is 6.54 Å². The molecular formula is C14H17N3OS. The topological polar surface area (TPSA) is 68.0 Å². The Balaban J connectivity index is 1.91. The van der Waals surface area contributed by atoms with Gasteiger partial charge in [-0.15, -0.1) is 11.3 Å². The van der Waals surface area contributed by atoms with Gasteiger partial charge in [0.15, 0.2) is 0 Å². The molecule has 19 heavy (non-hydrogen) atoms. The third kappa shape index (κ3) is 3.62. The molecule has 0 aliphatic heterocycles. The molecule has 0 aliphatic rings. The molecule has 0 unspecified atom stereocenters. The number of carbonyl (C=O) groups is 1. The van der Waals surface area contributed by atoms with Crippen LogP contribution in [-0.4, -0.2) is 10.9 Å². The van der Waals surface area contributed by atoms with E-state index in [-0.39, 0.29) is 5.91 Å². The van der Waals surface area contributed by atoms with Crippen LogP contribution in [0.15, 0.2) is 35.7 Å². The highest BCUT2D eigenvalue weighted by Gasteiger charge is 2.15. The summed E-state index contributed by atoms with van der Waals surface area (Å²) in [6.07, 6.45) is 0.911. The normalized spacial score (nSPS) is 12.1. The second-order valence-electron chi connectivity index (χ2n) is 4.19. The van der Waals surface area contributed by atoms with Gasteiger partial charge in [0.2, 0.25) is 5.91 Å². The van der Waals surface area contributed by atoms with Crippen molar-refractivity contribution >= 4 is 17.2 Å². The summed E-state index contributed by atoms with van der Waals surface area (Å²) in [4.78, 5) is 16.3. The standard InChI is InChI=1S/C14H17N3OS/c1-2-11-9-19-12(17-11)8-16-14(18)13(15)10-6-4-3-5-7-10/h3-7,9,13H,2,8,15H2,1H3,(H,16,18)/t13-/m1/s1. The van der Waals surface area contributed by atoms with E-state index in [1.54, 1.807) is 11.3 Å². The first-order valence-electron chi connectivity index (χ1n) is 6.22. The van der Waals surface area contributed by atoms with Gasteiger partial charge in [-0.2, -0.15) is 0 Å². The summed E-state index contributed by atoms with van der Waals surface area (Å²) in [7, 11) is 0. The van der Waals surface area contributed by atoms with Crippen molar-refractivity contribution in [3.8, 4) is 0 Å². The number of nitrogens with one attached hydrogen (secondary N) is 1. The first-order valence-corrected chi connectivity index (χ1v) is 7.10. The summed E-state index contributed by atoms with van der Waals surface area (Å²) in [5.74, 6) is -0.181. The number of aryl methyl sites for hydroxylation is 1. The van der Waals surface area contributed by atoms with Gasteiger partial charge in [0.05, 0.1) is 12.2 Å². The van der Waals surface area contributed by atoms with Crippen molar-refractivity contribution in [3.63, 3.8) is 0 Å². The molecule has 1 amide bonds. The van der Waals surface area contributed by atoms with Crippen LogP contribution in [0.2, 0.25) is 0 Å². The summed E-state index contributed by atoms with van der Waals surface area (Å²) >= 11 is 1.56. The van der Waals surface area contributed by atoms with Crippen LogP contribution in [0.5, 0.6) is 0 Å². The molecule has 0 saturated heterocycles. The Morgan fingerprint density at radius 3 is 2.79 bits per heavy atom. The highest BCUT2D eigenvalue weighted by molar-refractivity contribution is 7.09. The second kappa shape index (κ2) is 6.45. The van der Waals surface area contributed by atoms with E-state index in [0.717, 1.165) is 22.7 Å². The average Bonchev–Trinajstić information content (AvgIpc) is 2.93. The van der Waals surface area contributed by atoms with Crippen LogP contribution < -0.4 is 11.1 Å². The Kier molecular flexibility index (Phi) is 4.65. The van der Waals surface area contributed by atoms with E-state index in [1.807, 2.05) is 35.7 Å². The lowest BCUT2D eigenvalue weighted by molar-refractivity contribution is -0.122. The van der Waals surface area contributed by atoms with Crippen molar-refractivity contribution in [2.75, 3.05) is 0 Å². The summed E-state index contributed by atoms with van der Waals surface area (Å²) < 4.78 is 0. The van der Waals surface area contributed by atoms with Crippen LogP contribution in [0, 0.1) is 0 Å². The SMILES string of the molecule is CCc1csc(CNC(=O)[C@H](N)c2ccccc2)n1. The Hall–Kier alpha value is -1.72. The fourth-order valence-corrected chi connectivity index (χ4v) is 2.49. The maximum absolute atomic E-state index is 11.9. The number of benzene rings is 1. The lowest BCUT2D eigenvalue weighted by Gasteiger charge is -2.11. The van der Waals surface area contributed by atoms with Crippen LogP contribution in [0.25, 0.3) is 0 Å². The fourth-order valence-electron chi connectivity index (χ4n) is 1.68. The lowest BCUT2D eigenvalue weighted by Crippen LogP contribution is -2.33. The smallest absolute Gasteiger partial charge is 0.241 e. The zero-order valence-corrected chi connectivity index (χ0v) is 11.6. The van der Waals surface area contributed by atoms with Crippen LogP contribution >= 0.6 is 11.3 Å². The largest absolute Gasteiger partial charge is 0.348 e. The van der Waals surface area contributed by atoms with Crippen molar-refractivity contribution in [3.05, 3.63) is 52.0 Å². The first kappa shape index (κ1) is 13.7. The molecule has 1 aromatic carbocycles. The van der Waals surface area contributed by atoms with Gasteiger partial charge in [0, 0.05) is 5.38 Å². The quantitative estimate of drug-likeness (QED) is 0.877. The van der Waals surface area contributed by atoms with Crippen LogP contribution in [0.1, 0.15) is 29.2 Å². The van der Waals surface area contributed by atoms with Gasteiger partial charge in [-0.1, -0.05) is 37.3 Å². The number of nitrogens with zero attached hydrogens (tertiary/aromatic N) is 1. The molecule has 0 radical (unpaired) electrons. The average molecular weight is 275 g/mol. The van der Waals surface area contributed by atoms with Crippen LogP contribution in [0.3, 0.4) is 0 Å². The molecular weight excluding hydrogens is 258 g/mol. The molecule has 0 bridgehead atoms. The van der Waals surface area contributed by atoms with E-state index in [1.165, 1.54) is 0 Å². The lowest BCUT2D eigenvalue weighted by atomic mass is 10.1. The second-order valence-corrected chi connectivity index (χ2v) is 5.13. The molecule has 2 rings (SSSR count). The van der Waals surface area contributed by atoms with E-state index >= 15 is 0 Å². The number of rotatable bonds is 5. The van der Waals surface area contributed by atoms with Crippen molar-refractivity contribution < 1.29 is 4.79 Å². The van der Waals surface area contributed by atoms with Crippen LogP contribution in [0.4, 0.5) is 0 Å². The van der Waals surface area contributed by atoms with E-state index in [9.17, 15) is 4.79 Å². The highest BCUT2D eigenvalue weighted by atomic mass is 32.1. The van der Waals surface area contributed by atoms with Gasteiger partial charge in [-0.05, 0) is 12.0 Å². The monoisotopic (exact) mass is 275 g/mol. The summed E-state index contributed by atoms with van der Waals surface area (Å²) in [6.45, 7) is 2.49. The zero-order valence-electron chi connectivity index (χ0n) is 10.8. The molecule has 1 heterocycles. The minimum absolute atomic E-state index is 0.181. The number of carbonyl (C=O) groups excluding carboxylic acids is 1. The molecule has 3 N–H and O–H groups in total. The van der Waals surface area contributed by atoms with E-state index in [2.05, 4.69) is 17.2 Å². The Morgan fingerprint density at radius 2 is 2.16 bits per heavy atom. The Bertz CT molecular complexity index is 539. The molecule has 0 spiro atoms. The minimum Gasteiger partial charge on any atom is -0.348 e. The Morgan fingerprint density at radius 1 is 1.42 bits per heavy atom. The predicted octanol–water partition coefficient (Wildman–Crippen LogP) is 2.02. The molecule has 5 heteroatoms. The van der Waals surface area contributed by atoms with Gasteiger partial charge in [0.25, 0.3) is 0 Å². The predicted molar refractivity (Wildman–Crippen MR) is 76.7 cm³/mol. The van der Waals surface area contributed by atoms with Gasteiger partial charge in [-0.25, -0.2) is 4.98 Å². The molecule has 100 valence electrons.